The van der Waals surface area contributed by atoms with E-state index < -0.39 is 0 Å². The van der Waals surface area contributed by atoms with Gasteiger partial charge in [0.05, 0.1) is 0 Å². The van der Waals surface area contributed by atoms with E-state index in [4.69, 9.17) is 5.73 Å². The Morgan fingerprint density at radius 2 is 1.08 bits per heavy atom. The first-order valence-corrected chi connectivity index (χ1v) is 9.70. The van der Waals surface area contributed by atoms with Gasteiger partial charge in [0.1, 0.15) is 0 Å². The van der Waals surface area contributed by atoms with E-state index in [9.17, 15) is 0 Å². The van der Waals surface area contributed by atoms with Crippen molar-refractivity contribution in [2.75, 3.05) is 0 Å². The summed E-state index contributed by atoms with van der Waals surface area (Å²) in [6.07, 6.45) is 4.44. The second kappa shape index (κ2) is 7.47. The number of rotatable bonds is 4. The van der Waals surface area contributed by atoms with Gasteiger partial charge in [0, 0.05) is 11.5 Å². The van der Waals surface area contributed by atoms with Gasteiger partial charge in [-0.25, -0.2) is 0 Å². The lowest BCUT2D eigenvalue weighted by Gasteiger charge is -2.43. The molecule has 1 heteroatoms. The molecule has 1 aliphatic carbocycles. The minimum absolute atomic E-state index is 0.187. The Bertz CT molecular complexity index is 763. The van der Waals surface area contributed by atoms with Crippen molar-refractivity contribution in [2.45, 2.75) is 43.1 Å². The molecule has 0 spiro atoms. The van der Waals surface area contributed by atoms with E-state index in [-0.39, 0.29) is 11.5 Å². The Hall–Kier alpha value is -2.38. The molecule has 0 aliphatic heterocycles. The molecule has 1 saturated carbocycles. The summed E-state index contributed by atoms with van der Waals surface area (Å²) >= 11 is 0. The maximum atomic E-state index is 7.11. The molecule has 1 nitrogen and oxygen atoms in total. The average Bonchev–Trinajstić information content (AvgIpc) is 2.71. The van der Waals surface area contributed by atoms with Crippen LogP contribution < -0.4 is 5.73 Å². The molecule has 3 aromatic carbocycles. The van der Waals surface area contributed by atoms with Gasteiger partial charge in [-0.15, -0.1) is 0 Å². The lowest BCUT2D eigenvalue weighted by molar-refractivity contribution is 0.247. The molecule has 1 fully saturated rings. The van der Waals surface area contributed by atoms with Crippen molar-refractivity contribution in [3.05, 3.63) is 108 Å². The van der Waals surface area contributed by atoms with E-state index in [1.165, 1.54) is 16.7 Å². The molecule has 3 aromatic rings. The van der Waals surface area contributed by atoms with E-state index >= 15 is 0 Å². The van der Waals surface area contributed by atoms with Crippen molar-refractivity contribution in [3.8, 4) is 0 Å². The van der Waals surface area contributed by atoms with Crippen molar-refractivity contribution >= 4 is 0 Å². The highest BCUT2D eigenvalue weighted by Gasteiger charge is 2.40. The van der Waals surface area contributed by atoms with Gasteiger partial charge in [0.25, 0.3) is 0 Å². The summed E-state index contributed by atoms with van der Waals surface area (Å²) < 4.78 is 0. The van der Waals surface area contributed by atoms with E-state index in [1.54, 1.807) is 0 Å². The Morgan fingerprint density at radius 3 is 1.54 bits per heavy atom. The van der Waals surface area contributed by atoms with Gasteiger partial charge in [-0.2, -0.15) is 0 Å². The third-order valence-electron chi connectivity index (χ3n) is 6.03. The van der Waals surface area contributed by atoms with Crippen molar-refractivity contribution in [3.63, 3.8) is 0 Å². The first kappa shape index (κ1) is 17.1. The van der Waals surface area contributed by atoms with Crippen LogP contribution in [0.5, 0.6) is 0 Å². The maximum Gasteiger partial charge on any atom is 0.0269 e. The van der Waals surface area contributed by atoms with Crippen LogP contribution in [0.4, 0.5) is 0 Å². The zero-order valence-corrected chi connectivity index (χ0v) is 15.2. The van der Waals surface area contributed by atoms with Gasteiger partial charge in [-0.05, 0) is 48.3 Å². The van der Waals surface area contributed by atoms with Crippen molar-refractivity contribution in [1.29, 1.82) is 0 Å². The van der Waals surface area contributed by atoms with Crippen LogP contribution in [0.25, 0.3) is 0 Å². The molecule has 0 radical (unpaired) electrons. The normalized spacial score (nSPS) is 23.1. The molecular weight excluding hydrogens is 314 g/mol. The molecular formula is C25H27N. The van der Waals surface area contributed by atoms with Crippen LogP contribution in [0.3, 0.4) is 0 Å². The average molecular weight is 341 g/mol. The highest BCUT2D eigenvalue weighted by Crippen LogP contribution is 2.45. The summed E-state index contributed by atoms with van der Waals surface area (Å²) in [5, 5.41) is 0. The van der Waals surface area contributed by atoms with Crippen molar-refractivity contribution in [1.82, 2.24) is 0 Å². The molecule has 0 heterocycles. The number of hydrogen-bond donors (Lipinski definition) is 1. The highest BCUT2D eigenvalue weighted by molar-refractivity contribution is 5.37. The van der Waals surface area contributed by atoms with Gasteiger partial charge in [-0.1, -0.05) is 91.0 Å². The summed E-state index contributed by atoms with van der Waals surface area (Å²) in [5.74, 6) is 0.890. The SMILES string of the molecule is NC1(C(c2ccccc2)c2ccccc2)CCC(c2ccccc2)CC1. The zero-order valence-electron chi connectivity index (χ0n) is 15.2. The molecule has 1 aliphatic rings. The van der Waals surface area contributed by atoms with Crippen molar-refractivity contribution < 1.29 is 0 Å². The summed E-state index contributed by atoms with van der Waals surface area (Å²) in [6.45, 7) is 0. The second-order valence-electron chi connectivity index (χ2n) is 7.67. The Balaban J connectivity index is 1.62. The first-order valence-electron chi connectivity index (χ1n) is 9.70. The summed E-state index contributed by atoms with van der Waals surface area (Å²) in [7, 11) is 0. The molecule has 0 atom stereocenters. The van der Waals surface area contributed by atoms with E-state index in [0.29, 0.717) is 5.92 Å². The first-order chi connectivity index (χ1) is 12.8. The van der Waals surface area contributed by atoms with Crippen molar-refractivity contribution in [2.24, 2.45) is 5.73 Å². The lowest BCUT2D eigenvalue weighted by Crippen LogP contribution is -2.48. The molecule has 0 amide bonds. The van der Waals surface area contributed by atoms with Crippen LogP contribution >= 0.6 is 0 Å². The maximum absolute atomic E-state index is 7.11. The van der Waals surface area contributed by atoms with Gasteiger partial charge in [-0.3, -0.25) is 0 Å². The fourth-order valence-corrected chi connectivity index (χ4v) is 4.65. The molecule has 132 valence electrons. The number of benzene rings is 3. The molecule has 2 N–H and O–H groups in total. The minimum Gasteiger partial charge on any atom is -0.324 e. The molecule has 4 rings (SSSR count). The molecule has 26 heavy (non-hydrogen) atoms. The summed E-state index contributed by atoms with van der Waals surface area (Å²) in [5.41, 5.74) is 11.1. The largest absolute Gasteiger partial charge is 0.324 e. The highest BCUT2D eigenvalue weighted by atomic mass is 14.8. The zero-order chi connectivity index (χ0) is 17.8. The summed E-state index contributed by atoms with van der Waals surface area (Å²) in [6, 6.07) is 32.5. The predicted octanol–water partition coefficient (Wildman–Crippen LogP) is 5.87. The fraction of sp³-hybridized carbons (Fsp3) is 0.280. The van der Waals surface area contributed by atoms with Crippen LogP contribution in [0, 0.1) is 0 Å². The monoisotopic (exact) mass is 341 g/mol. The van der Waals surface area contributed by atoms with Gasteiger partial charge in [0.2, 0.25) is 0 Å². The molecule has 0 unspecified atom stereocenters. The van der Waals surface area contributed by atoms with Crippen LogP contribution in [-0.4, -0.2) is 5.54 Å². The molecule has 0 bridgehead atoms. The molecule has 0 aromatic heterocycles. The quantitative estimate of drug-likeness (QED) is 0.630. The van der Waals surface area contributed by atoms with Crippen LogP contribution in [0.2, 0.25) is 0 Å². The Kier molecular flexibility index (Phi) is 4.90. The van der Waals surface area contributed by atoms with E-state index in [1.807, 2.05) is 0 Å². The van der Waals surface area contributed by atoms with Crippen LogP contribution in [0.15, 0.2) is 91.0 Å². The minimum atomic E-state index is -0.187. The number of nitrogens with two attached hydrogens (primary N) is 1. The van der Waals surface area contributed by atoms with Crippen LogP contribution in [0.1, 0.15) is 54.2 Å². The van der Waals surface area contributed by atoms with E-state index in [0.717, 1.165) is 25.7 Å². The fourth-order valence-electron chi connectivity index (χ4n) is 4.65. The summed E-state index contributed by atoms with van der Waals surface area (Å²) in [4.78, 5) is 0. The standard InChI is InChI=1S/C25H27N/c26-25(18-16-21(17-19-25)20-10-4-1-5-11-20)24(22-12-6-2-7-13-22)23-14-8-3-9-15-23/h1-15,21,24H,16-19,26H2. The topological polar surface area (TPSA) is 26.0 Å². The van der Waals surface area contributed by atoms with E-state index in [2.05, 4.69) is 91.0 Å². The van der Waals surface area contributed by atoms with Gasteiger partial charge >= 0.3 is 0 Å². The third kappa shape index (κ3) is 3.45. The second-order valence-corrected chi connectivity index (χ2v) is 7.67. The van der Waals surface area contributed by atoms with Crippen LogP contribution in [-0.2, 0) is 0 Å². The smallest absolute Gasteiger partial charge is 0.0269 e. The van der Waals surface area contributed by atoms with Gasteiger partial charge in [0.15, 0.2) is 0 Å². The predicted molar refractivity (Wildman–Crippen MR) is 109 cm³/mol. The molecule has 0 saturated heterocycles. The van der Waals surface area contributed by atoms with Gasteiger partial charge < -0.3 is 5.73 Å². The Labute approximate surface area is 156 Å². The number of hydrogen-bond acceptors (Lipinski definition) is 1. The Morgan fingerprint density at radius 1 is 0.654 bits per heavy atom. The lowest BCUT2D eigenvalue weighted by atomic mass is 9.65. The third-order valence-corrected chi connectivity index (χ3v) is 6.03.